The predicted molar refractivity (Wildman–Crippen MR) is 78.6 cm³/mol. The molecule has 0 aliphatic heterocycles. The van der Waals surface area contributed by atoms with Gasteiger partial charge in [0.1, 0.15) is 11.5 Å². The van der Waals surface area contributed by atoms with Crippen molar-refractivity contribution in [1.29, 1.82) is 0 Å². The van der Waals surface area contributed by atoms with Gasteiger partial charge in [-0.3, -0.25) is 13.9 Å². The van der Waals surface area contributed by atoms with Crippen LogP contribution in [0.4, 0.5) is 11.5 Å². The molecule has 108 valence electrons. The molecule has 1 rings (SSSR count). The second kappa shape index (κ2) is 6.45. The highest BCUT2D eigenvalue weighted by Crippen LogP contribution is 2.11. The van der Waals surface area contributed by atoms with Gasteiger partial charge in [-0.05, 0) is 18.8 Å². The van der Waals surface area contributed by atoms with E-state index in [1.165, 1.54) is 11.6 Å². The average molecular weight is 268 g/mol. The van der Waals surface area contributed by atoms with Crippen LogP contribution >= 0.6 is 0 Å². The molecular weight excluding hydrogens is 244 g/mol. The van der Waals surface area contributed by atoms with Crippen LogP contribution in [0, 0.1) is 5.92 Å². The van der Waals surface area contributed by atoms with E-state index < -0.39 is 0 Å². The highest BCUT2D eigenvalue weighted by atomic mass is 16.2. The van der Waals surface area contributed by atoms with Crippen molar-refractivity contribution in [2.24, 2.45) is 13.0 Å². The number of hydrogen-bond donors (Lipinski definition) is 2. The summed E-state index contributed by atoms with van der Waals surface area (Å²) in [7, 11) is 1.48. The minimum Gasteiger partial charge on any atom is -0.383 e. The zero-order valence-corrected chi connectivity index (χ0v) is 12.2. The number of nitrogens with one attached hydrogen (secondary N) is 1. The molecule has 1 heterocycles. The van der Waals surface area contributed by atoms with Crippen LogP contribution in [-0.2, 0) is 13.6 Å². The van der Waals surface area contributed by atoms with E-state index in [1.807, 2.05) is 6.92 Å². The summed E-state index contributed by atoms with van der Waals surface area (Å²) >= 11 is 0. The van der Waals surface area contributed by atoms with Crippen LogP contribution < -0.4 is 22.3 Å². The van der Waals surface area contributed by atoms with Gasteiger partial charge in [0.15, 0.2) is 0 Å². The summed E-state index contributed by atoms with van der Waals surface area (Å²) in [6.07, 6.45) is 1.73. The van der Waals surface area contributed by atoms with Crippen molar-refractivity contribution in [1.82, 2.24) is 9.13 Å². The van der Waals surface area contributed by atoms with Gasteiger partial charge in [0.2, 0.25) is 0 Å². The third-order valence-electron chi connectivity index (χ3n) is 3.05. The summed E-state index contributed by atoms with van der Waals surface area (Å²) in [5, 5.41) is 3.06. The van der Waals surface area contributed by atoms with Crippen LogP contribution in [0.3, 0.4) is 0 Å². The van der Waals surface area contributed by atoms with Crippen LogP contribution in [0.15, 0.2) is 9.59 Å². The lowest BCUT2D eigenvalue weighted by atomic mass is 10.1. The maximum absolute atomic E-state index is 12.0. The third-order valence-corrected chi connectivity index (χ3v) is 3.05. The maximum atomic E-state index is 12.0. The van der Waals surface area contributed by atoms with Gasteiger partial charge in [-0.1, -0.05) is 20.8 Å². The van der Waals surface area contributed by atoms with Gasteiger partial charge < -0.3 is 11.1 Å². The molecule has 1 aromatic rings. The molecule has 6 heteroatoms. The molecular formula is C13H24N4O2. The first-order valence-electron chi connectivity index (χ1n) is 6.73. The van der Waals surface area contributed by atoms with Crippen LogP contribution in [0.2, 0.25) is 0 Å². The fourth-order valence-electron chi connectivity index (χ4n) is 1.87. The minimum atomic E-state index is -0.362. The Morgan fingerprint density at radius 2 is 1.95 bits per heavy atom. The highest BCUT2D eigenvalue weighted by molar-refractivity contribution is 5.60. The summed E-state index contributed by atoms with van der Waals surface area (Å²) < 4.78 is 2.54. The largest absolute Gasteiger partial charge is 0.383 e. The highest BCUT2D eigenvalue weighted by Gasteiger charge is 2.14. The van der Waals surface area contributed by atoms with Crippen molar-refractivity contribution >= 4 is 11.5 Å². The Bertz CT molecular complexity index is 543. The fraction of sp³-hybridized carbons (Fsp3) is 0.692. The quantitative estimate of drug-likeness (QED) is 0.806. The van der Waals surface area contributed by atoms with E-state index in [0.717, 1.165) is 17.4 Å². The molecule has 0 saturated carbocycles. The first kappa shape index (κ1) is 15.3. The van der Waals surface area contributed by atoms with E-state index in [4.69, 9.17) is 5.73 Å². The van der Waals surface area contributed by atoms with Crippen molar-refractivity contribution in [3.8, 4) is 0 Å². The van der Waals surface area contributed by atoms with Gasteiger partial charge in [-0.15, -0.1) is 0 Å². The lowest BCUT2D eigenvalue weighted by Crippen LogP contribution is -2.40. The summed E-state index contributed by atoms with van der Waals surface area (Å²) in [5.41, 5.74) is 5.55. The normalized spacial score (nSPS) is 11.0. The second-order valence-electron chi connectivity index (χ2n) is 5.17. The number of nitrogen functional groups attached to an aromatic ring is 1. The van der Waals surface area contributed by atoms with Crippen molar-refractivity contribution in [2.45, 2.75) is 40.2 Å². The van der Waals surface area contributed by atoms with E-state index in [2.05, 4.69) is 19.2 Å². The zero-order valence-electron chi connectivity index (χ0n) is 12.2. The van der Waals surface area contributed by atoms with Gasteiger partial charge in [-0.2, -0.15) is 0 Å². The Morgan fingerprint density at radius 3 is 2.47 bits per heavy atom. The molecule has 0 radical (unpaired) electrons. The van der Waals surface area contributed by atoms with Gasteiger partial charge in [0.25, 0.3) is 5.56 Å². The van der Waals surface area contributed by atoms with E-state index >= 15 is 0 Å². The number of nitrogens with two attached hydrogens (primary N) is 1. The fourth-order valence-corrected chi connectivity index (χ4v) is 1.87. The SMILES string of the molecule is CCCn1c(N)c(NCCC(C)C)c(=O)n(C)c1=O. The number of rotatable bonds is 6. The van der Waals surface area contributed by atoms with Crippen LogP contribution in [-0.4, -0.2) is 15.7 Å². The Kier molecular flexibility index (Phi) is 5.20. The molecule has 0 bridgehead atoms. The summed E-state index contributed by atoms with van der Waals surface area (Å²) in [6.45, 7) is 7.37. The van der Waals surface area contributed by atoms with Crippen LogP contribution in [0.1, 0.15) is 33.6 Å². The van der Waals surface area contributed by atoms with Crippen molar-refractivity contribution in [3.05, 3.63) is 20.8 Å². The smallest absolute Gasteiger partial charge is 0.332 e. The number of anilines is 2. The zero-order chi connectivity index (χ0) is 14.6. The Labute approximate surface area is 113 Å². The van der Waals surface area contributed by atoms with E-state index in [-0.39, 0.29) is 17.1 Å². The summed E-state index contributed by atoms with van der Waals surface area (Å²) in [4.78, 5) is 24.0. The standard InChI is InChI=1S/C13H24N4O2/c1-5-8-17-11(14)10(15-7-6-9(2)3)12(18)16(4)13(17)19/h9,15H,5-8,14H2,1-4H3. The third kappa shape index (κ3) is 3.39. The van der Waals surface area contributed by atoms with Crippen molar-refractivity contribution in [2.75, 3.05) is 17.6 Å². The maximum Gasteiger partial charge on any atom is 0.332 e. The van der Waals surface area contributed by atoms with E-state index in [0.29, 0.717) is 24.7 Å². The first-order chi connectivity index (χ1) is 8.90. The lowest BCUT2D eigenvalue weighted by molar-refractivity contribution is 0.593. The molecule has 3 N–H and O–H groups in total. The van der Waals surface area contributed by atoms with Gasteiger partial charge in [-0.25, -0.2) is 4.79 Å². The molecule has 19 heavy (non-hydrogen) atoms. The number of hydrogen-bond acceptors (Lipinski definition) is 4. The monoisotopic (exact) mass is 268 g/mol. The molecule has 1 aromatic heterocycles. The molecule has 0 atom stereocenters. The number of aromatic nitrogens is 2. The Morgan fingerprint density at radius 1 is 1.32 bits per heavy atom. The molecule has 0 aliphatic carbocycles. The molecule has 6 nitrogen and oxygen atoms in total. The minimum absolute atomic E-state index is 0.235. The van der Waals surface area contributed by atoms with E-state index in [9.17, 15) is 9.59 Å². The summed E-state index contributed by atoms with van der Waals surface area (Å²) in [5.74, 6) is 0.776. The molecule has 0 spiro atoms. The molecule has 0 amide bonds. The Hall–Kier alpha value is -1.72. The van der Waals surface area contributed by atoms with E-state index in [1.54, 1.807) is 0 Å². The lowest BCUT2D eigenvalue weighted by Gasteiger charge is -2.16. The van der Waals surface area contributed by atoms with Crippen molar-refractivity contribution in [3.63, 3.8) is 0 Å². The van der Waals surface area contributed by atoms with Crippen LogP contribution in [0.5, 0.6) is 0 Å². The molecule has 0 unspecified atom stereocenters. The average Bonchev–Trinajstić information content (AvgIpc) is 2.36. The summed E-state index contributed by atoms with van der Waals surface area (Å²) in [6, 6.07) is 0. The molecule has 0 fully saturated rings. The molecule has 0 aliphatic rings. The topological polar surface area (TPSA) is 82.0 Å². The number of nitrogens with zero attached hydrogens (tertiary/aromatic N) is 2. The van der Waals surface area contributed by atoms with Gasteiger partial charge in [0, 0.05) is 20.1 Å². The van der Waals surface area contributed by atoms with Gasteiger partial charge >= 0.3 is 5.69 Å². The first-order valence-corrected chi connectivity index (χ1v) is 6.73. The van der Waals surface area contributed by atoms with Crippen molar-refractivity contribution < 1.29 is 0 Å². The van der Waals surface area contributed by atoms with Gasteiger partial charge in [0.05, 0.1) is 0 Å². The molecule has 0 aromatic carbocycles. The molecule has 0 saturated heterocycles. The second-order valence-corrected chi connectivity index (χ2v) is 5.17. The Balaban J connectivity index is 3.16. The predicted octanol–water partition coefficient (Wildman–Crippen LogP) is 0.997. The van der Waals surface area contributed by atoms with Crippen LogP contribution in [0.25, 0.3) is 0 Å².